The summed E-state index contributed by atoms with van der Waals surface area (Å²) in [7, 11) is 1.78. The van der Waals surface area contributed by atoms with Crippen LogP contribution in [-0.4, -0.2) is 37.1 Å². The van der Waals surface area contributed by atoms with Gasteiger partial charge in [-0.1, -0.05) is 22.9 Å². The molecule has 7 heteroatoms. The molecule has 1 aromatic heterocycles. The highest BCUT2D eigenvalue weighted by Gasteiger charge is 2.15. The largest absolute Gasteiger partial charge is 0.360 e. The van der Waals surface area contributed by atoms with Gasteiger partial charge in [0.25, 0.3) is 11.8 Å². The minimum absolute atomic E-state index is 0.142. The Hall–Kier alpha value is -2.67. The van der Waals surface area contributed by atoms with Crippen molar-refractivity contribution in [1.29, 1.82) is 0 Å². The number of hydrogen-bond donors (Lipinski definition) is 3. The van der Waals surface area contributed by atoms with E-state index in [1.54, 1.807) is 20.0 Å². The first kappa shape index (κ1) is 16.7. The first-order valence-electron chi connectivity index (χ1n) is 7.33. The predicted molar refractivity (Wildman–Crippen MR) is 86.3 cm³/mol. The smallest absolute Gasteiger partial charge is 0.280 e. The van der Waals surface area contributed by atoms with E-state index >= 15 is 0 Å². The summed E-state index contributed by atoms with van der Waals surface area (Å²) < 4.78 is 4.87. The average Bonchev–Trinajstić information content (AvgIpc) is 2.86. The zero-order chi connectivity index (χ0) is 16.8. The highest BCUT2D eigenvalue weighted by molar-refractivity contribution is 5.92. The van der Waals surface area contributed by atoms with E-state index in [-0.39, 0.29) is 24.9 Å². The molecule has 0 aliphatic carbocycles. The summed E-state index contributed by atoms with van der Waals surface area (Å²) >= 11 is 0. The molecular formula is C16H21N4O3+. The van der Waals surface area contributed by atoms with E-state index in [0.29, 0.717) is 11.6 Å². The van der Waals surface area contributed by atoms with E-state index in [1.807, 2.05) is 31.2 Å². The van der Waals surface area contributed by atoms with Gasteiger partial charge in [-0.05, 0) is 26.0 Å². The molecule has 7 nitrogen and oxygen atoms in total. The van der Waals surface area contributed by atoms with Crippen molar-refractivity contribution < 1.29 is 19.0 Å². The molecule has 0 saturated heterocycles. The van der Waals surface area contributed by atoms with Crippen molar-refractivity contribution in [3.8, 4) is 0 Å². The van der Waals surface area contributed by atoms with Gasteiger partial charge in [-0.25, -0.2) is 0 Å². The van der Waals surface area contributed by atoms with E-state index in [2.05, 4.69) is 15.8 Å². The van der Waals surface area contributed by atoms with Gasteiger partial charge < -0.3 is 20.1 Å². The Morgan fingerprint density at radius 2 is 1.70 bits per heavy atom. The van der Waals surface area contributed by atoms with Crippen LogP contribution in [0.3, 0.4) is 0 Å². The quantitative estimate of drug-likeness (QED) is 0.719. The van der Waals surface area contributed by atoms with E-state index in [1.165, 1.54) is 0 Å². The lowest BCUT2D eigenvalue weighted by Gasteiger charge is -2.13. The molecule has 1 heterocycles. The molecule has 0 saturated carbocycles. The van der Waals surface area contributed by atoms with E-state index in [4.69, 9.17) is 4.52 Å². The molecule has 2 aromatic rings. The van der Waals surface area contributed by atoms with Gasteiger partial charge in [-0.2, -0.15) is 0 Å². The minimum Gasteiger partial charge on any atom is -0.360 e. The van der Waals surface area contributed by atoms with Gasteiger partial charge in [0.1, 0.15) is 5.76 Å². The van der Waals surface area contributed by atoms with Crippen molar-refractivity contribution in [1.82, 2.24) is 5.16 Å². The Kier molecular flexibility index (Phi) is 5.48. The van der Waals surface area contributed by atoms with Crippen LogP contribution in [0, 0.1) is 13.8 Å². The summed E-state index contributed by atoms with van der Waals surface area (Å²) in [5, 5.41) is 9.13. The van der Waals surface area contributed by atoms with Crippen molar-refractivity contribution in [2.24, 2.45) is 0 Å². The van der Waals surface area contributed by atoms with Crippen molar-refractivity contribution in [2.45, 2.75) is 13.8 Å². The normalized spacial score (nSPS) is 11.8. The number of anilines is 2. The first-order chi connectivity index (χ1) is 10.9. The van der Waals surface area contributed by atoms with Gasteiger partial charge in [0, 0.05) is 11.8 Å². The van der Waals surface area contributed by atoms with Gasteiger partial charge in [-0.15, -0.1) is 0 Å². The molecule has 1 unspecified atom stereocenters. The summed E-state index contributed by atoms with van der Waals surface area (Å²) in [5.41, 5.74) is 1.88. The summed E-state index contributed by atoms with van der Waals surface area (Å²) in [4.78, 5) is 24.6. The number of benzene rings is 1. The van der Waals surface area contributed by atoms with Crippen LogP contribution in [0.5, 0.6) is 0 Å². The number of likely N-dealkylation sites (N-methyl/N-ethyl adjacent to an activating group) is 1. The Balaban J connectivity index is 1.77. The number of carbonyl (C=O) groups excluding carboxylic acids is 2. The van der Waals surface area contributed by atoms with Crippen LogP contribution >= 0.6 is 0 Å². The van der Waals surface area contributed by atoms with E-state index < -0.39 is 0 Å². The number of carbonyl (C=O) groups is 2. The number of quaternary nitrogens is 1. The van der Waals surface area contributed by atoms with E-state index in [9.17, 15) is 9.59 Å². The maximum atomic E-state index is 12.0. The zero-order valence-corrected chi connectivity index (χ0v) is 13.5. The third kappa shape index (κ3) is 5.55. The molecule has 0 fully saturated rings. The molecule has 2 amide bonds. The molecule has 0 radical (unpaired) electrons. The van der Waals surface area contributed by atoms with Crippen LogP contribution in [0.2, 0.25) is 0 Å². The molecule has 2 rings (SSSR count). The summed E-state index contributed by atoms with van der Waals surface area (Å²) in [6.45, 7) is 4.08. The van der Waals surface area contributed by atoms with Crippen LogP contribution in [-0.2, 0) is 9.59 Å². The van der Waals surface area contributed by atoms with Gasteiger partial charge >= 0.3 is 0 Å². The Morgan fingerprint density at radius 3 is 2.26 bits per heavy atom. The van der Waals surface area contributed by atoms with Crippen LogP contribution < -0.4 is 15.5 Å². The molecule has 0 aliphatic heterocycles. The van der Waals surface area contributed by atoms with E-state index in [0.717, 1.165) is 16.2 Å². The third-order valence-electron chi connectivity index (χ3n) is 3.16. The van der Waals surface area contributed by atoms with Crippen molar-refractivity contribution in [2.75, 3.05) is 30.8 Å². The lowest BCUT2D eigenvalue weighted by molar-refractivity contribution is -0.862. The summed E-state index contributed by atoms with van der Waals surface area (Å²) in [6.07, 6.45) is 0. The van der Waals surface area contributed by atoms with Crippen LogP contribution in [0.1, 0.15) is 11.3 Å². The maximum absolute atomic E-state index is 12.0. The van der Waals surface area contributed by atoms with Gasteiger partial charge in [0.15, 0.2) is 18.9 Å². The minimum atomic E-state index is -0.223. The third-order valence-corrected chi connectivity index (χ3v) is 3.16. The Labute approximate surface area is 134 Å². The molecular weight excluding hydrogens is 296 g/mol. The number of nitrogens with zero attached hydrogens (tertiary/aromatic N) is 1. The van der Waals surface area contributed by atoms with Crippen molar-refractivity contribution >= 4 is 23.3 Å². The van der Waals surface area contributed by atoms with Crippen molar-refractivity contribution in [3.05, 3.63) is 41.7 Å². The van der Waals surface area contributed by atoms with Gasteiger partial charge in [0.05, 0.1) is 7.05 Å². The number of aromatic nitrogens is 1. The molecule has 1 aromatic carbocycles. The molecule has 3 N–H and O–H groups in total. The Morgan fingerprint density at radius 1 is 1.09 bits per heavy atom. The molecule has 23 heavy (non-hydrogen) atoms. The number of aryl methyl sites for hydroxylation is 2. The number of hydrogen-bond acceptors (Lipinski definition) is 4. The number of nitrogens with one attached hydrogen (secondary N) is 3. The molecule has 122 valence electrons. The molecule has 0 spiro atoms. The highest BCUT2D eigenvalue weighted by Crippen LogP contribution is 2.08. The van der Waals surface area contributed by atoms with Crippen molar-refractivity contribution in [3.63, 3.8) is 0 Å². The van der Waals surface area contributed by atoms with Crippen LogP contribution in [0.4, 0.5) is 11.5 Å². The molecule has 1 atom stereocenters. The summed E-state index contributed by atoms with van der Waals surface area (Å²) in [6, 6.07) is 9.20. The second-order valence-electron chi connectivity index (χ2n) is 5.60. The number of rotatable bonds is 6. The van der Waals surface area contributed by atoms with Gasteiger partial charge in [0.2, 0.25) is 0 Å². The fourth-order valence-corrected chi connectivity index (χ4v) is 2.07. The zero-order valence-electron chi connectivity index (χ0n) is 13.5. The fourth-order valence-electron chi connectivity index (χ4n) is 2.07. The Bertz CT molecular complexity index is 679. The molecule has 0 bridgehead atoms. The predicted octanol–water partition coefficient (Wildman–Crippen LogP) is 0.383. The lowest BCUT2D eigenvalue weighted by atomic mass is 10.2. The first-order valence-corrected chi connectivity index (χ1v) is 7.33. The second-order valence-corrected chi connectivity index (χ2v) is 5.60. The summed E-state index contributed by atoms with van der Waals surface area (Å²) in [5.74, 6) is 0.637. The number of amides is 2. The van der Waals surface area contributed by atoms with Gasteiger partial charge in [-0.3, -0.25) is 9.59 Å². The average molecular weight is 317 g/mol. The fraction of sp³-hybridized carbons (Fsp3) is 0.312. The monoisotopic (exact) mass is 317 g/mol. The topological polar surface area (TPSA) is 88.7 Å². The van der Waals surface area contributed by atoms with Crippen LogP contribution in [0.25, 0.3) is 0 Å². The molecule has 0 aliphatic rings. The lowest BCUT2D eigenvalue weighted by Crippen LogP contribution is -3.11. The highest BCUT2D eigenvalue weighted by atomic mass is 16.5. The SMILES string of the molecule is Cc1ccc(NC(=O)C[NH+](C)CC(=O)Nc2cc(C)on2)cc1. The van der Waals surface area contributed by atoms with Crippen LogP contribution in [0.15, 0.2) is 34.9 Å². The maximum Gasteiger partial charge on any atom is 0.280 e. The second kappa shape index (κ2) is 7.55. The standard InChI is InChI=1S/C16H20N4O3/c1-11-4-6-13(7-5-11)17-15(21)9-20(3)10-16(22)18-14-8-12(2)23-19-14/h4-8H,9-10H2,1-3H3,(H,17,21)(H,18,19,22)/p+1.